The van der Waals surface area contributed by atoms with Crippen molar-refractivity contribution in [3.05, 3.63) is 34.4 Å². The topological polar surface area (TPSA) is 34.2 Å². The van der Waals surface area contributed by atoms with Crippen molar-refractivity contribution in [1.29, 1.82) is 0 Å². The molecule has 1 atom stereocenters. The third kappa shape index (κ3) is 2.93. The smallest absolute Gasteiger partial charge is 0.136 e. The van der Waals surface area contributed by atoms with E-state index in [9.17, 15) is 4.39 Å². The maximum absolute atomic E-state index is 14.0. The standard InChI is InChI=1S/C14H17FN2OS/c1-9(7-16-2)14-17-11(8-19-14)13-10(15)5-4-6-12(13)18-3/h4-6,8-9,16H,7H2,1-3H3. The number of thiazole rings is 1. The molecule has 1 heterocycles. The van der Waals surface area contributed by atoms with E-state index >= 15 is 0 Å². The Balaban J connectivity index is 2.38. The number of rotatable bonds is 5. The van der Waals surface area contributed by atoms with Crippen LogP contribution in [0.2, 0.25) is 0 Å². The number of likely N-dealkylation sites (N-methyl/N-ethyl adjacent to an activating group) is 1. The van der Waals surface area contributed by atoms with Gasteiger partial charge >= 0.3 is 0 Å². The number of ether oxygens (including phenoxy) is 1. The molecule has 0 radical (unpaired) electrons. The molecular weight excluding hydrogens is 263 g/mol. The number of nitrogens with one attached hydrogen (secondary N) is 1. The Kier molecular flexibility index (Phi) is 4.50. The lowest BCUT2D eigenvalue weighted by molar-refractivity contribution is 0.413. The molecule has 0 bridgehead atoms. The van der Waals surface area contributed by atoms with Crippen molar-refractivity contribution >= 4 is 11.3 Å². The predicted molar refractivity (Wildman–Crippen MR) is 76.4 cm³/mol. The highest BCUT2D eigenvalue weighted by atomic mass is 32.1. The Morgan fingerprint density at radius 3 is 2.95 bits per heavy atom. The first kappa shape index (κ1) is 14.0. The van der Waals surface area contributed by atoms with Crippen LogP contribution >= 0.6 is 11.3 Å². The van der Waals surface area contributed by atoms with Crippen LogP contribution in [-0.2, 0) is 0 Å². The van der Waals surface area contributed by atoms with E-state index in [1.165, 1.54) is 13.2 Å². The highest BCUT2D eigenvalue weighted by Gasteiger charge is 2.16. The molecule has 1 aromatic carbocycles. The maximum Gasteiger partial charge on any atom is 0.136 e. The Bertz CT molecular complexity index is 556. The second-order valence-electron chi connectivity index (χ2n) is 4.35. The van der Waals surface area contributed by atoms with Gasteiger partial charge in [0, 0.05) is 17.8 Å². The summed E-state index contributed by atoms with van der Waals surface area (Å²) in [5.41, 5.74) is 1.07. The number of aromatic nitrogens is 1. The van der Waals surface area contributed by atoms with Crippen molar-refractivity contribution in [3.63, 3.8) is 0 Å². The molecule has 0 saturated carbocycles. The second-order valence-corrected chi connectivity index (χ2v) is 5.24. The van der Waals surface area contributed by atoms with Gasteiger partial charge in [0.2, 0.25) is 0 Å². The molecule has 3 nitrogen and oxygen atoms in total. The molecule has 1 aromatic heterocycles. The lowest BCUT2D eigenvalue weighted by Crippen LogP contribution is -2.14. The molecule has 19 heavy (non-hydrogen) atoms. The van der Waals surface area contributed by atoms with Gasteiger partial charge in [0.05, 0.1) is 23.4 Å². The number of halogens is 1. The Hall–Kier alpha value is -1.46. The van der Waals surface area contributed by atoms with Crippen molar-refractivity contribution in [3.8, 4) is 17.0 Å². The minimum absolute atomic E-state index is 0.307. The summed E-state index contributed by atoms with van der Waals surface area (Å²) in [5, 5.41) is 5.99. The van der Waals surface area contributed by atoms with E-state index in [0.717, 1.165) is 11.6 Å². The minimum atomic E-state index is -0.308. The van der Waals surface area contributed by atoms with Crippen molar-refractivity contribution in [2.24, 2.45) is 0 Å². The lowest BCUT2D eigenvalue weighted by atomic mass is 10.1. The lowest BCUT2D eigenvalue weighted by Gasteiger charge is -2.08. The van der Waals surface area contributed by atoms with Crippen molar-refractivity contribution in [2.45, 2.75) is 12.8 Å². The van der Waals surface area contributed by atoms with E-state index in [-0.39, 0.29) is 5.82 Å². The molecule has 5 heteroatoms. The molecule has 0 amide bonds. The van der Waals surface area contributed by atoms with Gasteiger partial charge in [-0.2, -0.15) is 0 Å². The van der Waals surface area contributed by atoms with Gasteiger partial charge in [0.1, 0.15) is 11.6 Å². The highest BCUT2D eigenvalue weighted by molar-refractivity contribution is 7.10. The first-order valence-corrected chi connectivity index (χ1v) is 6.98. The van der Waals surface area contributed by atoms with E-state index in [0.29, 0.717) is 22.9 Å². The molecule has 0 aliphatic rings. The monoisotopic (exact) mass is 280 g/mol. The minimum Gasteiger partial charge on any atom is -0.496 e. The van der Waals surface area contributed by atoms with E-state index in [1.807, 2.05) is 12.4 Å². The molecule has 0 spiro atoms. The molecule has 1 unspecified atom stereocenters. The number of benzene rings is 1. The molecule has 0 aliphatic carbocycles. The van der Waals surface area contributed by atoms with E-state index in [2.05, 4.69) is 17.2 Å². The maximum atomic E-state index is 14.0. The molecule has 2 aromatic rings. The Labute approximate surface area is 116 Å². The Morgan fingerprint density at radius 1 is 1.47 bits per heavy atom. The van der Waals surface area contributed by atoms with E-state index in [1.54, 1.807) is 23.5 Å². The summed E-state index contributed by atoms with van der Waals surface area (Å²) in [6.07, 6.45) is 0. The summed E-state index contributed by atoms with van der Waals surface area (Å²) in [6.45, 7) is 2.94. The first-order valence-electron chi connectivity index (χ1n) is 6.10. The van der Waals surface area contributed by atoms with Gasteiger partial charge in [-0.1, -0.05) is 13.0 Å². The van der Waals surface area contributed by atoms with Gasteiger partial charge in [0.25, 0.3) is 0 Å². The average Bonchev–Trinajstić information content (AvgIpc) is 2.88. The molecule has 0 fully saturated rings. The van der Waals surface area contributed by atoms with Crippen LogP contribution in [0.15, 0.2) is 23.6 Å². The van der Waals surface area contributed by atoms with Crippen molar-refractivity contribution < 1.29 is 9.13 Å². The van der Waals surface area contributed by atoms with Crippen LogP contribution in [0.1, 0.15) is 17.8 Å². The molecule has 2 rings (SSSR count). The van der Waals surface area contributed by atoms with Crippen molar-refractivity contribution in [1.82, 2.24) is 10.3 Å². The average molecular weight is 280 g/mol. The molecule has 0 saturated heterocycles. The van der Waals surface area contributed by atoms with Crippen LogP contribution in [0.4, 0.5) is 4.39 Å². The van der Waals surface area contributed by atoms with Crippen LogP contribution in [0.3, 0.4) is 0 Å². The first-order chi connectivity index (χ1) is 9.17. The normalized spacial score (nSPS) is 12.4. The van der Waals surface area contributed by atoms with Crippen LogP contribution in [0.25, 0.3) is 11.3 Å². The Morgan fingerprint density at radius 2 is 2.26 bits per heavy atom. The van der Waals surface area contributed by atoms with Crippen molar-refractivity contribution in [2.75, 3.05) is 20.7 Å². The summed E-state index contributed by atoms with van der Waals surface area (Å²) < 4.78 is 19.2. The number of hydrogen-bond acceptors (Lipinski definition) is 4. The number of nitrogens with zero attached hydrogens (tertiary/aromatic N) is 1. The van der Waals surface area contributed by atoms with E-state index in [4.69, 9.17) is 4.74 Å². The van der Waals surface area contributed by atoms with Crippen LogP contribution in [0, 0.1) is 5.82 Å². The van der Waals surface area contributed by atoms with Gasteiger partial charge < -0.3 is 10.1 Å². The SMILES string of the molecule is CNCC(C)c1nc(-c2c(F)cccc2OC)cs1. The highest BCUT2D eigenvalue weighted by Crippen LogP contribution is 2.34. The predicted octanol–water partition coefficient (Wildman–Crippen LogP) is 3.28. The number of methoxy groups -OCH3 is 1. The van der Waals surface area contributed by atoms with Gasteiger partial charge in [-0.15, -0.1) is 11.3 Å². The zero-order chi connectivity index (χ0) is 13.8. The van der Waals surface area contributed by atoms with Crippen LogP contribution < -0.4 is 10.1 Å². The second kappa shape index (κ2) is 6.12. The van der Waals surface area contributed by atoms with Gasteiger partial charge in [0.15, 0.2) is 0 Å². The summed E-state index contributed by atoms with van der Waals surface area (Å²) in [7, 11) is 3.44. The molecule has 102 valence electrons. The summed E-state index contributed by atoms with van der Waals surface area (Å²) in [6, 6.07) is 4.80. The van der Waals surface area contributed by atoms with Crippen LogP contribution in [-0.4, -0.2) is 25.7 Å². The quantitative estimate of drug-likeness (QED) is 0.912. The zero-order valence-electron chi connectivity index (χ0n) is 11.2. The third-order valence-corrected chi connectivity index (χ3v) is 3.98. The fourth-order valence-corrected chi connectivity index (χ4v) is 2.81. The summed E-state index contributed by atoms with van der Waals surface area (Å²) >= 11 is 1.55. The third-order valence-electron chi connectivity index (χ3n) is 2.91. The summed E-state index contributed by atoms with van der Waals surface area (Å²) in [4.78, 5) is 4.53. The fraction of sp³-hybridized carbons (Fsp3) is 0.357. The summed E-state index contributed by atoms with van der Waals surface area (Å²) in [5.74, 6) is 0.511. The number of hydrogen-bond donors (Lipinski definition) is 1. The molecule has 1 N–H and O–H groups in total. The van der Waals surface area contributed by atoms with E-state index < -0.39 is 0 Å². The van der Waals surface area contributed by atoms with Crippen LogP contribution in [0.5, 0.6) is 5.75 Å². The largest absolute Gasteiger partial charge is 0.496 e. The van der Waals surface area contributed by atoms with Gasteiger partial charge in [-0.25, -0.2) is 9.37 Å². The molecule has 0 aliphatic heterocycles. The van der Waals surface area contributed by atoms with Gasteiger partial charge in [-0.3, -0.25) is 0 Å². The fourth-order valence-electron chi connectivity index (χ4n) is 1.95. The van der Waals surface area contributed by atoms with Gasteiger partial charge in [-0.05, 0) is 19.2 Å². The zero-order valence-corrected chi connectivity index (χ0v) is 12.1. The molecular formula is C14H17FN2OS.